The molecule has 4 heteroatoms. The lowest BCUT2D eigenvalue weighted by Gasteiger charge is -2.25. The number of nitrogens with zero attached hydrogens (tertiary/aromatic N) is 2. The van der Waals surface area contributed by atoms with Crippen molar-refractivity contribution in [3.63, 3.8) is 0 Å². The van der Waals surface area contributed by atoms with Crippen LogP contribution in [0.2, 0.25) is 0 Å². The Morgan fingerprint density at radius 1 is 1.28 bits per heavy atom. The summed E-state index contributed by atoms with van der Waals surface area (Å²) in [6, 6.07) is 1.91. The molecule has 0 spiro atoms. The lowest BCUT2D eigenvalue weighted by Crippen LogP contribution is -2.25. The van der Waals surface area contributed by atoms with Crippen LogP contribution in [-0.2, 0) is 0 Å². The fraction of sp³-hybridized carbons (Fsp3) is 0.643. The van der Waals surface area contributed by atoms with Crippen molar-refractivity contribution in [2.75, 3.05) is 19.0 Å². The maximum absolute atomic E-state index is 5.91. The monoisotopic (exact) mass is 250 g/mol. The van der Waals surface area contributed by atoms with Gasteiger partial charge in [0.05, 0.1) is 6.10 Å². The van der Waals surface area contributed by atoms with Crippen LogP contribution in [0.15, 0.2) is 12.3 Å². The molecule has 2 rings (SSSR count). The average Bonchev–Trinajstić information content (AvgIpc) is 2.98. The van der Waals surface area contributed by atoms with Crippen LogP contribution in [0.3, 0.4) is 0 Å². The Labute approximate surface area is 109 Å². The standard InChI is InChI=1S/C14H22N2O2/c1-14(2,3)18-13-12(16(4)5)11(8-9-15-13)17-10-6-7-10/h8-10H,6-7H2,1-5H3. The second kappa shape index (κ2) is 4.67. The van der Waals surface area contributed by atoms with Crippen LogP contribution in [-0.4, -0.2) is 30.8 Å². The van der Waals surface area contributed by atoms with Crippen LogP contribution < -0.4 is 14.4 Å². The molecule has 0 bridgehead atoms. The van der Waals surface area contributed by atoms with Gasteiger partial charge in [-0.3, -0.25) is 0 Å². The molecule has 18 heavy (non-hydrogen) atoms. The van der Waals surface area contributed by atoms with E-state index < -0.39 is 0 Å². The van der Waals surface area contributed by atoms with E-state index in [-0.39, 0.29) is 5.60 Å². The van der Waals surface area contributed by atoms with Crippen LogP contribution in [0, 0.1) is 0 Å². The van der Waals surface area contributed by atoms with E-state index in [1.165, 1.54) is 0 Å². The normalized spacial score (nSPS) is 15.4. The molecule has 0 aromatic carbocycles. The summed E-state index contributed by atoms with van der Waals surface area (Å²) in [6.07, 6.45) is 4.40. The number of hydrogen-bond acceptors (Lipinski definition) is 4. The van der Waals surface area contributed by atoms with Crippen LogP contribution >= 0.6 is 0 Å². The third-order valence-corrected chi connectivity index (χ3v) is 2.52. The van der Waals surface area contributed by atoms with E-state index in [1.807, 2.05) is 45.8 Å². The van der Waals surface area contributed by atoms with Gasteiger partial charge in [-0.15, -0.1) is 0 Å². The van der Waals surface area contributed by atoms with Gasteiger partial charge in [0.2, 0.25) is 5.88 Å². The number of pyridine rings is 1. The summed E-state index contributed by atoms with van der Waals surface area (Å²) in [5.74, 6) is 1.49. The minimum absolute atomic E-state index is 0.268. The molecule has 0 unspecified atom stereocenters. The predicted octanol–water partition coefficient (Wildman–Crippen LogP) is 2.87. The Morgan fingerprint density at radius 2 is 1.94 bits per heavy atom. The van der Waals surface area contributed by atoms with Gasteiger partial charge in [0.1, 0.15) is 17.0 Å². The van der Waals surface area contributed by atoms with Crippen molar-refractivity contribution in [3.8, 4) is 11.6 Å². The Bertz CT molecular complexity index is 420. The van der Waals surface area contributed by atoms with E-state index >= 15 is 0 Å². The van der Waals surface area contributed by atoms with Gasteiger partial charge in [-0.25, -0.2) is 4.98 Å². The summed E-state index contributed by atoms with van der Waals surface area (Å²) in [6.45, 7) is 6.05. The molecular weight excluding hydrogens is 228 g/mol. The molecule has 0 saturated heterocycles. The van der Waals surface area contributed by atoms with E-state index in [4.69, 9.17) is 9.47 Å². The van der Waals surface area contributed by atoms with Crippen LogP contribution in [0.25, 0.3) is 0 Å². The van der Waals surface area contributed by atoms with Gasteiger partial charge in [0, 0.05) is 26.4 Å². The molecule has 0 atom stereocenters. The van der Waals surface area contributed by atoms with Crippen molar-refractivity contribution in [1.29, 1.82) is 0 Å². The Morgan fingerprint density at radius 3 is 2.44 bits per heavy atom. The first-order valence-electron chi connectivity index (χ1n) is 6.39. The quantitative estimate of drug-likeness (QED) is 0.823. The first-order valence-corrected chi connectivity index (χ1v) is 6.39. The molecule has 0 N–H and O–H groups in total. The maximum atomic E-state index is 5.91. The minimum atomic E-state index is -0.268. The molecule has 1 saturated carbocycles. The van der Waals surface area contributed by atoms with Gasteiger partial charge in [-0.2, -0.15) is 0 Å². The van der Waals surface area contributed by atoms with Gasteiger partial charge in [-0.05, 0) is 33.6 Å². The lowest BCUT2D eigenvalue weighted by molar-refractivity contribution is 0.124. The van der Waals surface area contributed by atoms with Crippen molar-refractivity contribution in [3.05, 3.63) is 12.3 Å². The average molecular weight is 250 g/mol. The predicted molar refractivity (Wildman–Crippen MR) is 72.6 cm³/mol. The van der Waals surface area contributed by atoms with E-state index in [1.54, 1.807) is 6.20 Å². The molecule has 0 amide bonds. The van der Waals surface area contributed by atoms with Crippen LogP contribution in [0.5, 0.6) is 11.6 Å². The number of anilines is 1. The highest BCUT2D eigenvalue weighted by Gasteiger charge is 2.27. The summed E-state index contributed by atoms with van der Waals surface area (Å²) in [4.78, 5) is 6.32. The molecule has 1 aliphatic carbocycles. The maximum Gasteiger partial charge on any atom is 0.241 e. The second-order valence-corrected chi connectivity index (χ2v) is 5.89. The summed E-state index contributed by atoms with van der Waals surface area (Å²) >= 11 is 0. The summed E-state index contributed by atoms with van der Waals surface area (Å²) in [7, 11) is 3.96. The zero-order valence-corrected chi connectivity index (χ0v) is 11.9. The molecule has 1 aliphatic rings. The van der Waals surface area contributed by atoms with Gasteiger partial charge in [-0.1, -0.05) is 0 Å². The molecule has 0 radical (unpaired) electrons. The largest absolute Gasteiger partial charge is 0.488 e. The Kier molecular flexibility index (Phi) is 3.37. The zero-order chi connectivity index (χ0) is 13.3. The van der Waals surface area contributed by atoms with Crippen molar-refractivity contribution >= 4 is 5.69 Å². The SMILES string of the molecule is CN(C)c1c(OC2CC2)ccnc1OC(C)(C)C. The summed E-state index contributed by atoms with van der Waals surface area (Å²) in [5, 5.41) is 0. The van der Waals surface area contributed by atoms with Crippen molar-refractivity contribution in [1.82, 2.24) is 4.98 Å². The molecule has 1 aromatic heterocycles. The van der Waals surface area contributed by atoms with Gasteiger partial charge < -0.3 is 14.4 Å². The molecule has 100 valence electrons. The number of aromatic nitrogens is 1. The highest BCUT2D eigenvalue weighted by atomic mass is 16.5. The third-order valence-electron chi connectivity index (χ3n) is 2.52. The van der Waals surface area contributed by atoms with Gasteiger partial charge >= 0.3 is 0 Å². The fourth-order valence-corrected chi connectivity index (χ4v) is 1.66. The first-order chi connectivity index (χ1) is 8.37. The van der Waals surface area contributed by atoms with E-state index in [2.05, 4.69) is 4.98 Å². The van der Waals surface area contributed by atoms with Crippen LogP contribution in [0.1, 0.15) is 33.6 Å². The number of ether oxygens (including phenoxy) is 2. The third kappa shape index (κ3) is 3.28. The fourth-order valence-electron chi connectivity index (χ4n) is 1.66. The molecule has 4 nitrogen and oxygen atoms in total. The topological polar surface area (TPSA) is 34.6 Å². The Hall–Kier alpha value is -1.45. The number of rotatable bonds is 4. The van der Waals surface area contributed by atoms with Crippen molar-refractivity contribution < 1.29 is 9.47 Å². The molecule has 0 aliphatic heterocycles. The zero-order valence-electron chi connectivity index (χ0n) is 11.9. The molecule has 1 heterocycles. The highest BCUT2D eigenvalue weighted by Crippen LogP contribution is 2.39. The molecular formula is C14H22N2O2. The lowest BCUT2D eigenvalue weighted by atomic mass is 10.2. The highest BCUT2D eigenvalue weighted by molar-refractivity contribution is 5.64. The van der Waals surface area contributed by atoms with E-state index in [0.29, 0.717) is 12.0 Å². The molecule has 1 fully saturated rings. The van der Waals surface area contributed by atoms with E-state index in [0.717, 1.165) is 24.3 Å². The van der Waals surface area contributed by atoms with Crippen molar-refractivity contribution in [2.24, 2.45) is 0 Å². The summed E-state index contributed by atoms with van der Waals surface area (Å²) in [5.41, 5.74) is 0.648. The van der Waals surface area contributed by atoms with Gasteiger partial charge in [0.15, 0.2) is 0 Å². The first kappa shape index (κ1) is 13.0. The summed E-state index contributed by atoms with van der Waals surface area (Å²) < 4.78 is 11.8. The second-order valence-electron chi connectivity index (χ2n) is 5.89. The Balaban J connectivity index is 2.31. The smallest absolute Gasteiger partial charge is 0.241 e. The minimum Gasteiger partial charge on any atom is -0.488 e. The molecule has 1 aromatic rings. The van der Waals surface area contributed by atoms with Crippen molar-refractivity contribution in [2.45, 2.75) is 45.3 Å². The number of hydrogen-bond donors (Lipinski definition) is 0. The van der Waals surface area contributed by atoms with Crippen LogP contribution in [0.4, 0.5) is 5.69 Å². The van der Waals surface area contributed by atoms with E-state index in [9.17, 15) is 0 Å². The van der Waals surface area contributed by atoms with Gasteiger partial charge in [0.25, 0.3) is 0 Å².